The molecule has 0 unspecified atom stereocenters. The number of aryl methyl sites for hydroxylation is 1. The molecule has 1 amide bonds. The average Bonchev–Trinajstić information content (AvgIpc) is 2.33. The average molecular weight is 262 g/mol. The number of nitrogens with one attached hydrogen (secondary N) is 2. The van der Waals surface area contributed by atoms with E-state index in [0.29, 0.717) is 18.1 Å². The number of nitrogens with two attached hydrogens (primary N) is 1. The predicted octanol–water partition coefficient (Wildman–Crippen LogP) is 1.86. The number of nitrogens with zero attached hydrogens (tertiary/aromatic N) is 1. The van der Waals surface area contributed by atoms with Gasteiger partial charge in [0.1, 0.15) is 5.82 Å². The van der Waals surface area contributed by atoms with Crippen LogP contribution in [-0.2, 0) is 4.79 Å². The molecule has 0 aliphatic heterocycles. The second-order valence-corrected chi connectivity index (χ2v) is 4.68. The highest BCUT2D eigenvalue weighted by Crippen LogP contribution is 2.18. The number of nitrogen functional groups attached to an aromatic ring is 1. The molecular formula is C14H22N4O. The Balaban J connectivity index is 2.26. The van der Waals surface area contributed by atoms with Crippen LogP contribution in [0.25, 0.3) is 0 Å². The molecule has 1 aromatic heterocycles. The van der Waals surface area contributed by atoms with Crippen LogP contribution in [0, 0.1) is 6.92 Å². The Morgan fingerprint density at radius 3 is 2.84 bits per heavy atom. The van der Waals surface area contributed by atoms with Crippen molar-refractivity contribution < 1.29 is 4.79 Å². The SMILES string of the molecule is CC(C)=CC(=O)NCCCNc1nccc(C)c1N. The Morgan fingerprint density at radius 2 is 2.16 bits per heavy atom. The zero-order valence-electron chi connectivity index (χ0n) is 11.8. The molecule has 1 heterocycles. The minimum Gasteiger partial charge on any atom is -0.396 e. The normalized spacial score (nSPS) is 9.84. The van der Waals surface area contributed by atoms with Crippen molar-refractivity contribution in [3.63, 3.8) is 0 Å². The first kappa shape index (κ1) is 15.0. The van der Waals surface area contributed by atoms with Crippen LogP contribution < -0.4 is 16.4 Å². The van der Waals surface area contributed by atoms with E-state index in [1.54, 1.807) is 12.3 Å². The lowest BCUT2D eigenvalue weighted by Crippen LogP contribution is -2.24. The fourth-order valence-electron chi connectivity index (χ4n) is 1.53. The largest absolute Gasteiger partial charge is 0.396 e. The van der Waals surface area contributed by atoms with E-state index in [1.165, 1.54) is 0 Å². The molecule has 0 aromatic carbocycles. The van der Waals surface area contributed by atoms with Gasteiger partial charge in [0.15, 0.2) is 0 Å². The van der Waals surface area contributed by atoms with Gasteiger partial charge in [0.25, 0.3) is 0 Å². The molecular weight excluding hydrogens is 240 g/mol. The maximum Gasteiger partial charge on any atom is 0.243 e. The fraction of sp³-hybridized carbons (Fsp3) is 0.429. The minimum atomic E-state index is -0.0480. The van der Waals surface area contributed by atoms with Gasteiger partial charge in [0.05, 0.1) is 5.69 Å². The van der Waals surface area contributed by atoms with E-state index in [4.69, 9.17) is 5.73 Å². The highest BCUT2D eigenvalue weighted by atomic mass is 16.1. The molecule has 104 valence electrons. The van der Waals surface area contributed by atoms with Crippen LogP contribution in [0.4, 0.5) is 11.5 Å². The van der Waals surface area contributed by atoms with E-state index >= 15 is 0 Å². The lowest BCUT2D eigenvalue weighted by molar-refractivity contribution is -0.116. The number of carbonyl (C=O) groups is 1. The molecule has 1 aromatic rings. The topological polar surface area (TPSA) is 80.0 Å². The minimum absolute atomic E-state index is 0.0480. The van der Waals surface area contributed by atoms with Crippen molar-refractivity contribution in [1.29, 1.82) is 0 Å². The van der Waals surface area contributed by atoms with Crippen LogP contribution in [-0.4, -0.2) is 24.0 Å². The molecule has 0 fully saturated rings. The van der Waals surface area contributed by atoms with E-state index in [9.17, 15) is 4.79 Å². The van der Waals surface area contributed by atoms with Crippen LogP contribution in [0.3, 0.4) is 0 Å². The van der Waals surface area contributed by atoms with Crippen molar-refractivity contribution in [3.05, 3.63) is 29.5 Å². The van der Waals surface area contributed by atoms with Gasteiger partial charge in [-0.3, -0.25) is 4.79 Å². The Bertz CT molecular complexity index is 465. The molecule has 5 heteroatoms. The van der Waals surface area contributed by atoms with Gasteiger partial charge in [-0.25, -0.2) is 4.98 Å². The number of hydrogen-bond donors (Lipinski definition) is 3. The molecule has 0 aliphatic carbocycles. The Labute approximate surface area is 114 Å². The lowest BCUT2D eigenvalue weighted by Gasteiger charge is -2.09. The summed E-state index contributed by atoms with van der Waals surface area (Å²) >= 11 is 0. The van der Waals surface area contributed by atoms with E-state index in [2.05, 4.69) is 15.6 Å². The molecule has 19 heavy (non-hydrogen) atoms. The number of anilines is 2. The maximum atomic E-state index is 11.3. The third kappa shape index (κ3) is 5.42. The summed E-state index contributed by atoms with van der Waals surface area (Å²) < 4.78 is 0. The molecule has 4 N–H and O–H groups in total. The van der Waals surface area contributed by atoms with Crippen molar-refractivity contribution in [1.82, 2.24) is 10.3 Å². The smallest absolute Gasteiger partial charge is 0.243 e. The summed E-state index contributed by atoms with van der Waals surface area (Å²) in [5, 5.41) is 5.98. The second-order valence-electron chi connectivity index (χ2n) is 4.68. The number of carbonyl (C=O) groups excluding carboxylic acids is 1. The molecule has 0 aliphatic rings. The van der Waals surface area contributed by atoms with Gasteiger partial charge in [-0.2, -0.15) is 0 Å². The van der Waals surface area contributed by atoms with Crippen molar-refractivity contribution >= 4 is 17.4 Å². The van der Waals surface area contributed by atoms with E-state index in [-0.39, 0.29) is 5.91 Å². The molecule has 0 atom stereocenters. The molecule has 0 spiro atoms. The number of aromatic nitrogens is 1. The maximum absolute atomic E-state index is 11.3. The van der Waals surface area contributed by atoms with E-state index < -0.39 is 0 Å². The fourth-order valence-corrected chi connectivity index (χ4v) is 1.53. The summed E-state index contributed by atoms with van der Waals surface area (Å²) in [4.78, 5) is 15.5. The summed E-state index contributed by atoms with van der Waals surface area (Å²) in [5.74, 6) is 0.656. The Hall–Kier alpha value is -2.04. The third-order valence-corrected chi connectivity index (χ3v) is 2.57. The third-order valence-electron chi connectivity index (χ3n) is 2.57. The van der Waals surface area contributed by atoms with Gasteiger partial charge in [0, 0.05) is 25.4 Å². The van der Waals surface area contributed by atoms with Gasteiger partial charge in [-0.05, 0) is 38.8 Å². The summed E-state index contributed by atoms with van der Waals surface area (Å²) in [6, 6.07) is 1.88. The Kier molecular flexibility index (Phi) is 5.85. The van der Waals surface area contributed by atoms with Crippen molar-refractivity contribution in [3.8, 4) is 0 Å². The molecule has 0 bridgehead atoms. The highest BCUT2D eigenvalue weighted by molar-refractivity contribution is 5.87. The lowest BCUT2D eigenvalue weighted by atomic mass is 10.2. The van der Waals surface area contributed by atoms with Crippen LogP contribution >= 0.6 is 0 Å². The van der Waals surface area contributed by atoms with Crippen LogP contribution in [0.1, 0.15) is 25.8 Å². The molecule has 1 rings (SSSR count). The first-order valence-electron chi connectivity index (χ1n) is 6.38. The van der Waals surface area contributed by atoms with Crippen LogP contribution in [0.2, 0.25) is 0 Å². The number of rotatable bonds is 6. The van der Waals surface area contributed by atoms with Gasteiger partial charge in [-0.1, -0.05) is 5.57 Å². The summed E-state index contributed by atoms with van der Waals surface area (Å²) in [6.45, 7) is 7.08. The number of pyridine rings is 1. The predicted molar refractivity (Wildman–Crippen MR) is 78.9 cm³/mol. The summed E-state index contributed by atoms with van der Waals surface area (Å²) in [5.41, 5.74) is 8.58. The summed E-state index contributed by atoms with van der Waals surface area (Å²) in [7, 11) is 0. The standard InChI is InChI=1S/C14H22N4O/c1-10(2)9-12(19)16-6-4-7-17-14-13(15)11(3)5-8-18-14/h5,8-9H,4,6-7,15H2,1-3H3,(H,16,19)(H,17,18). The zero-order chi connectivity index (χ0) is 14.3. The second kappa shape index (κ2) is 7.41. The number of allylic oxidation sites excluding steroid dienone is 1. The Morgan fingerprint density at radius 1 is 1.42 bits per heavy atom. The van der Waals surface area contributed by atoms with Gasteiger partial charge in [0.2, 0.25) is 5.91 Å². The molecule has 0 saturated carbocycles. The number of hydrogen-bond acceptors (Lipinski definition) is 4. The molecule has 0 saturated heterocycles. The monoisotopic (exact) mass is 262 g/mol. The van der Waals surface area contributed by atoms with Crippen molar-refractivity contribution in [2.75, 3.05) is 24.1 Å². The van der Waals surface area contributed by atoms with Gasteiger partial charge < -0.3 is 16.4 Å². The van der Waals surface area contributed by atoms with Crippen LogP contribution in [0.5, 0.6) is 0 Å². The van der Waals surface area contributed by atoms with Crippen molar-refractivity contribution in [2.45, 2.75) is 27.2 Å². The molecule has 5 nitrogen and oxygen atoms in total. The zero-order valence-corrected chi connectivity index (χ0v) is 11.8. The summed E-state index contributed by atoms with van der Waals surface area (Å²) in [6.07, 6.45) is 4.13. The van der Waals surface area contributed by atoms with E-state index in [1.807, 2.05) is 26.8 Å². The first-order chi connectivity index (χ1) is 9.00. The van der Waals surface area contributed by atoms with E-state index in [0.717, 1.165) is 24.1 Å². The van der Waals surface area contributed by atoms with Crippen molar-refractivity contribution in [2.24, 2.45) is 0 Å². The van der Waals surface area contributed by atoms with Gasteiger partial charge >= 0.3 is 0 Å². The van der Waals surface area contributed by atoms with Gasteiger partial charge in [-0.15, -0.1) is 0 Å². The highest BCUT2D eigenvalue weighted by Gasteiger charge is 2.02. The molecule has 0 radical (unpaired) electrons. The quantitative estimate of drug-likeness (QED) is 0.540. The first-order valence-corrected chi connectivity index (χ1v) is 6.38. The van der Waals surface area contributed by atoms with Crippen LogP contribution in [0.15, 0.2) is 23.9 Å². The number of amides is 1.